The van der Waals surface area contributed by atoms with Crippen LogP contribution < -0.4 is 5.32 Å². The standard InChI is InChI=1S/C13H15N3OS/c1-3-6-11-15-16-13(18-11)14-12(17)10-8-5-4-7-9(10)2/h4-5,7-8H,3,6H2,1-2H3,(H,14,16,17). The van der Waals surface area contributed by atoms with E-state index in [1.54, 1.807) is 6.07 Å². The molecule has 0 aliphatic heterocycles. The third-order valence-electron chi connectivity index (χ3n) is 2.54. The smallest absolute Gasteiger partial charge is 0.257 e. The molecule has 0 bridgehead atoms. The normalized spacial score (nSPS) is 10.3. The van der Waals surface area contributed by atoms with Gasteiger partial charge < -0.3 is 0 Å². The molecule has 1 heterocycles. The number of aromatic nitrogens is 2. The van der Waals surface area contributed by atoms with Crippen LogP contribution in [0.1, 0.15) is 34.3 Å². The van der Waals surface area contributed by atoms with E-state index in [1.807, 2.05) is 25.1 Å². The maximum atomic E-state index is 12.0. The topological polar surface area (TPSA) is 54.9 Å². The van der Waals surface area contributed by atoms with E-state index in [0.29, 0.717) is 10.7 Å². The van der Waals surface area contributed by atoms with E-state index in [0.717, 1.165) is 23.4 Å². The summed E-state index contributed by atoms with van der Waals surface area (Å²) in [6.45, 7) is 4.00. The molecule has 1 aromatic heterocycles. The minimum absolute atomic E-state index is 0.132. The quantitative estimate of drug-likeness (QED) is 0.920. The molecule has 1 N–H and O–H groups in total. The van der Waals surface area contributed by atoms with Crippen LogP contribution >= 0.6 is 11.3 Å². The van der Waals surface area contributed by atoms with Crippen LogP contribution in [0.4, 0.5) is 5.13 Å². The summed E-state index contributed by atoms with van der Waals surface area (Å²) in [5.74, 6) is -0.132. The summed E-state index contributed by atoms with van der Waals surface area (Å²) >= 11 is 1.43. The van der Waals surface area contributed by atoms with Gasteiger partial charge in [-0.1, -0.05) is 36.5 Å². The number of anilines is 1. The van der Waals surface area contributed by atoms with Crippen LogP contribution in [0.25, 0.3) is 0 Å². The molecule has 1 amide bonds. The Labute approximate surface area is 110 Å². The molecule has 0 spiro atoms. The number of nitrogens with zero attached hydrogens (tertiary/aromatic N) is 2. The lowest BCUT2D eigenvalue weighted by Crippen LogP contribution is -2.12. The highest BCUT2D eigenvalue weighted by Crippen LogP contribution is 2.18. The van der Waals surface area contributed by atoms with Gasteiger partial charge in [0.1, 0.15) is 5.01 Å². The average Bonchev–Trinajstić information content (AvgIpc) is 2.77. The van der Waals surface area contributed by atoms with Gasteiger partial charge in [0.15, 0.2) is 0 Å². The molecule has 0 aliphatic rings. The van der Waals surface area contributed by atoms with Crippen molar-refractivity contribution in [1.82, 2.24) is 10.2 Å². The zero-order valence-electron chi connectivity index (χ0n) is 10.4. The third kappa shape index (κ3) is 2.92. The Morgan fingerprint density at radius 2 is 2.11 bits per heavy atom. The molecule has 18 heavy (non-hydrogen) atoms. The largest absolute Gasteiger partial charge is 0.296 e. The molecular formula is C13H15N3OS. The van der Waals surface area contributed by atoms with E-state index < -0.39 is 0 Å². The Balaban J connectivity index is 2.09. The summed E-state index contributed by atoms with van der Waals surface area (Å²) in [5, 5.41) is 12.3. The lowest BCUT2D eigenvalue weighted by molar-refractivity contribution is 0.102. The molecule has 2 rings (SSSR count). The van der Waals surface area contributed by atoms with Crippen molar-refractivity contribution in [3.8, 4) is 0 Å². The Kier molecular flexibility index (Phi) is 4.04. The second-order valence-corrected chi connectivity index (χ2v) is 5.08. The van der Waals surface area contributed by atoms with Crippen LogP contribution in [0, 0.1) is 6.92 Å². The molecule has 0 fully saturated rings. The first-order valence-electron chi connectivity index (χ1n) is 5.90. The van der Waals surface area contributed by atoms with Crippen molar-refractivity contribution in [3.63, 3.8) is 0 Å². The van der Waals surface area contributed by atoms with E-state index in [-0.39, 0.29) is 5.91 Å². The van der Waals surface area contributed by atoms with Gasteiger partial charge in [-0.2, -0.15) is 0 Å². The van der Waals surface area contributed by atoms with Crippen molar-refractivity contribution in [3.05, 3.63) is 40.4 Å². The molecule has 1 aromatic carbocycles. The number of carbonyl (C=O) groups is 1. The van der Waals surface area contributed by atoms with Crippen molar-refractivity contribution in [2.75, 3.05) is 5.32 Å². The Bertz CT molecular complexity index is 551. The molecule has 0 aliphatic carbocycles. The van der Waals surface area contributed by atoms with E-state index in [4.69, 9.17) is 0 Å². The summed E-state index contributed by atoms with van der Waals surface area (Å²) in [4.78, 5) is 12.0. The summed E-state index contributed by atoms with van der Waals surface area (Å²) < 4.78 is 0. The highest BCUT2D eigenvalue weighted by molar-refractivity contribution is 7.15. The number of hydrogen-bond acceptors (Lipinski definition) is 4. The van der Waals surface area contributed by atoms with Crippen molar-refractivity contribution < 1.29 is 4.79 Å². The molecule has 4 nitrogen and oxygen atoms in total. The first kappa shape index (κ1) is 12.7. The molecule has 94 valence electrons. The molecule has 0 unspecified atom stereocenters. The van der Waals surface area contributed by atoms with E-state index in [1.165, 1.54) is 11.3 Å². The van der Waals surface area contributed by atoms with Gasteiger partial charge in [0.2, 0.25) is 5.13 Å². The van der Waals surface area contributed by atoms with Gasteiger partial charge in [-0.15, -0.1) is 10.2 Å². The molecule has 2 aromatic rings. The number of hydrogen-bond donors (Lipinski definition) is 1. The van der Waals surface area contributed by atoms with Crippen LogP contribution in [0.5, 0.6) is 0 Å². The molecular weight excluding hydrogens is 246 g/mol. The van der Waals surface area contributed by atoms with Crippen LogP contribution in [-0.4, -0.2) is 16.1 Å². The summed E-state index contributed by atoms with van der Waals surface area (Å²) in [6, 6.07) is 7.48. The molecule has 5 heteroatoms. The van der Waals surface area contributed by atoms with Gasteiger partial charge >= 0.3 is 0 Å². The summed E-state index contributed by atoms with van der Waals surface area (Å²) in [7, 11) is 0. The van der Waals surface area contributed by atoms with Crippen LogP contribution in [0.2, 0.25) is 0 Å². The van der Waals surface area contributed by atoms with Gasteiger partial charge in [-0.3, -0.25) is 10.1 Å². The van der Waals surface area contributed by atoms with Crippen molar-refractivity contribution in [1.29, 1.82) is 0 Å². The molecule has 0 saturated heterocycles. The highest BCUT2D eigenvalue weighted by Gasteiger charge is 2.11. The zero-order chi connectivity index (χ0) is 13.0. The van der Waals surface area contributed by atoms with Gasteiger partial charge in [0.25, 0.3) is 5.91 Å². The van der Waals surface area contributed by atoms with E-state index >= 15 is 0 Å². The van der Waals surface area contributed by atoms with Gasteiger partial charge in [-0.05, 0) is 25.0 Å². The van der Waals surface area contributed by atoms with Gasteiger partial charge in [-0.25, -0.2) is 0 Å². The van der Waals surface area contributed by atoms with Crippen molar-refractivity contribution in [2.45, 2.75) is 26.7 Å². The third-order valence-corrected chi connectivity index (χ3v) is 3.44. The fourth-order valence-corrected chi connectivity index (χ4v) is 2.45. The predicted octanol–water partition coefficient (Wildman–Crippen LogP) is 3.05. The molecule has 0 atom stereocenters. The van der Waals surface area contributed by atoms with Crippen molar-refractivity contribution in [2.24, 2.45) is 0 Å². The monoisotopic (exact) mass is 261 g/mol. The lowest BCUT2D eigenvalue weighted by Gasteiger charge is -2.03. The van der Waals surface area contributed by atoms with Crippen LogP contribution in [-0.2, 0) is 6.42 Å². The Morgan fingerprint density at radius 1 is 1.33 bits per heavy atom. The maximum absolute atomic E-state index is 12.0. The Morgan fingerprint density at radius 3 is 2.83 bits per heavy atom. The second-order valence-electron chi connectivity index (χ2n) is 4.02. The second kappa shape index (κ2) is 5.73. The molecule has 0 radical (unpaired) electrons. The van der Waals surface area contributed by atoms with Crippen LogP contribution in [0.15, 0.2) is 24.3 Å². The lowest BCUT2D eigenvalue weighted by atomic mass is 10.1. The number of aryl methyl sites for hydroxylation is 2. The van der Waals surface area contributed by atoms with E-state index in [2.05, 4.69) is 22.4 Å². The zero-order valence-corrected chi connectivity index (χ0v) is 11.3. The first-order valence-corrected chi connectivity index (χ1v) is 6.71. The SMILES string of the molecule is CCCc1nnc(NC(=O)c2ccccc2C)s1. The number of rotatable bonds is 4. The van der Waals surface area contributed by atoms with Crippen LogP contribution in [0.3, 0.4) is 0 Å². The summed E-state index contributed by atoms with van der Waals surface area (Å²) in [6.07, 6.45) is 1.93. The molecule has 0 saturated carbocycles. The van der Waals surface area contributed by atoms with E-state index in [9.17, 15) is 4.79 Å². The van der Waals surface area contributed by atoms with Crippen molar-refractivity contribution >= 4 is 22.4 Å². The minimum atomic E-state index is -0.132. The van der Waals surface area contributed by atoms with Gasteiger partial charge in [0.05, 0.1) is 0 Å². The number of carbonyl (C=O) groups excluding carboxylic acids is 1. The first-order chi connectivity index (χ1) is 8.70. The average molecular weight is 261 g/mol. The fraction of sp³-hybridized carbons (Fsp3) is 0.308. The summed E-state index contributed by atoms with van der Waals surface area (Å²) in [5.41, 5.74) is 1.62. The fourth-order valence-electron chi connectivity index (χ4n) is 1.61. The Hall–Kier alpha value is -1.75. The number of amides is 1. The maximum Gasteiger partial charge on any atom is 0.257 e. The number of nitrogens with one attached hydrogen (secondary N) is 1. The number of benzene rings is 1. The highest BCUT2D eigenvalue weighted by atomic mass is 32.1. The minimum Gasteiger partial charge on any atom is -0.296 e. The predicted molar refractivity (Wildman–Crippen MR) is 73.0 cm³/mol. The van der Waals surface area contributed by atoms with Gasteiger partial charge in [0, 0.05) is 12.0 Å².